The van der Waals surface area contributed by atoms with Gasteiger partial charge in [0, 0.05) is 42.3 Å². The summed E-state index contributed by atoms with van der Waals surface area (Å²) in [6.45, 7) is 0. The van der Waals surface area contributed by atoms with Gasteiger partial charge in [-0.2, -0.15) is 0 Å². The molecule has 0 radical (unpaired) electrons. The third-order valence-corrected chi connectivity index (χ3v) is 11.9. The van der Waals surface area contributed by atoms with E-state index in [0.717, 1.165) is 33.6 Å². The van der Waals surface area contributed by atoms with Crippen molar-refractivity contribution in [3.8, 4) is 22.3 Å². The summed E-state index contributed by atoms with van der Waals surface area (Å²) in [7, 11) is 0. The normalized spacial score (nSPS) is 11.8. The molecule has 248 valence electrons. The smallest absolute Gasteiger partial charge is 0.159 e. The van der Waals surface area contributed by atoms with Gasteiger partial charge in [0.1, 0.15) is 5.58 Å². The van der Waals surface area contributed by atoms with E-state index in [0.29, 0.717) is 0 Å². The Labute approximate surface area is 310 Å². The lowest BCUT2D eigenvalue weighted by Gasteiger charge is -2.26. The molecule has 9 aromatic carbocycles. The second kappa shape index (κ2) is 11.9. The van der Waals surface area contributed by atoms with Gasteiger partial charge in [0.15, 0.2) is 5.58 Å². The predicted molar refractivity (Wildman–Crippen MR) is 227 cm³/mol. The number of para-hydroxylation sites is 1. The molecule has 2 aromatic heterocycles. The molecular weight excluding hydrogens is 663 g/mol. The number of benzene rings is 9. The molecule has 53 heavy (non-hydrogen) atoms. The van der Waals surface area contributed by atoms with Gasteiger partial charge >= 0.3 is 0 Å². The zero-order valence-corrected chi connectivity index (χ0v) is 29.5. The number of thiophene rings is 1. The molecule has 0 bridgehead atoms. The second-order valence-electron chi connectivity index (χ2n) is 13.7. The summed E-state index contributed by atoms with van der Waals surface area (Å²) in [5, 5.41) is 9.95. The van der Waals surface area contributed by atoms with Crippen molar-refractivity contribution >= 4 is 92.1 Å². The standard InChI is InChI=1S/C50H31NOS/c1-2-10-32(11-3-1)33-20-25-37(26-21-33)51(38-27-22-36(23-28-38)40-17-8-14-34-12-4-6-15-39(34)40)44-19-9-18-42-48-45(52-49(42)44)30-29-43-47-41-16-7-5-13-35(41)24-31-46(47)53-50(43)48/h1-31H. The van der Waals surface area contributed by atoms with Crippen molar-refractivity contribution in [2.24, 2.45) is 0 Å². The third-order valence-electron chi connectivity index (χ3n) is 10.7. The summed E-state index contributed by atoms with van der Waals surface area (Å²) in [4.78, 5) is 2.34. The van der Waals surface area contributed by atoms with Gasteiger partial charge in [-0.05, 0) is 92.3 Å². The van der Waals surface area contributed by atoms with E-state index in [1.54, 1.807) is 0 Å². The molecule has 0 unspecified atom stereocenters. The number of hydrogen-bond donors (Lipinski definition) is 0. The van der Waals surface area contributed by atoms with Crippen LogP contribution in [0.2, 0.25) is 0 Å². The third kappa shape index (κ3) is 4.78. The highest BCUT2D eigenvalue weighted by Gasteiger charge is 2.22. The highest BCUT2D eigenvalue weighted by molar-refractivity contribution is 7.27. The van der Waals surface area contributed by atoms with Crippen LogP contribution in [0.5, 0.6) is 0 Å². The first-order valence-corrected chi connectivity index (χ1v) is 18.8. The molecular formula is C50H31NOS. The number of furan rings is 1. The zero-order chi connectivity index (χ0) is 34.9. The molecule has 0 spiro atoms. The van der Waals surface area contributed by atoms with Gasteiger partial charge in [0.2, 0.25) is 0 Å². The van der Waals surface area contributed by atoms with Crippen LogP contribution in [0.15, 0.2) is 192 Å². The van der Waals surface area contributed by atoms with Crippen LogP contribution in [-0.4, -0.2) is 0 Å². The lowest BCUT2D eigenvalue weighted by atomic mass is 9.98. The highest BCUT2D eigenvalue weighted by atomic mass is 32.1. The average molecular weight is 694 g/mol. The van der Waals surface area contributed by atoms with E-state index in [-0.39, 0.29) is 0 Å². The molecule has 0 aliphatic rings. The van der Waals surface area contributed by atoms with E-state index in [1.807, 2.05) is 11.3 Å². The molecule has 0 saturated carbocycles. The monoisotopic (exact) mass is 693 g/mol. The van der Waals surface area contributed by atoms with Crippen LogP contribution < -0.4 is 4.90 Å². The second-order valence-corrected chi connectivity index (χ2v) is 14.7. The van der Waals surface area contributed by atoms with E-state index in [1.165, 1.54) is 69.4 Å². The first-order chi connectivity index (χ1) is 26.3. The minimum absolute atomic E-state index is 0.877. The summed E-state index contributed by atoms with van der Waals surface area (Å²) in [5.41, 5.74) is 9.71. The van der Waals surface area contributed by atoms with Gasteiger partial charge in [0.05, 0.1) is 5.69 Å². The Hall–Kier alpha value is -6.68. The predicted octanol–water partition coefficient (Wildman–Crippen LogP) is 15.1. The largest absolute Gasteiger partial charge is 0.454 e. The zero-order valence-electron chi connectivity index (χ0n) is 28.7. The van der Waals surface area contributed by atoms with E-state index in [9.17, 15) is 0 Å². The molecule has 3 heteroatoms. The molecule has 11 aromatic rings. The Bertz CT molecular complexity index is 3150. The number of hydrogen-bond acceptors (Lipinski definition) is 3. The number of rotatable bonds is 5. The maximum atomic E-state index is 6.90. The maximum Gasteiger partial charge on any atom is 0.159 e. The quantitative estimate of drug-likeness (QED) is 0.178. The first kappa shape index (κ1) is 30.0. The van der Waals surface area contributed by atoms with Gasteiger partial charge < -0.3 is 9.32 Å². The van der Waals surface area contributed by atoms with Gasteiger partial charge in [-0.3, -0.25) is 0 Å². The van der Waals surface area contributed by atoms with Crippen molar-refractivity contribution in [2.75, 3.05) is 4.90 Å². The van der Waals surface area contributed by atoms with Crippen LogP contribution in [0.4, 0.5) is 17.1 Å². The fourth-order valence-electron chi connectivity index (χ4n) is 8.17. The summed E-state index contributed by atoms with van der Waals surface area (Å²) >= 11 is 1.86. The molecule has 11 rings (SSSR count). The molecule has 0 saturated heterocycles. The minimum Gasteiger partial charge on any atom is -0.454 e. The number of anilines is 3. The fourth-order valence-corrected chi connectivity index (χ4v) is 9.45. The number of nitrogens with zero attached hydrogens (tertiary/aromatic N) is 1. The lowest BCUT2D eigenvalue weighted by molar-refractivity contribution is 0.669. The fraction of sp³-hybridized carbons (Fsp3) is 0. The Kier molecular flexibility index (Phi) is 6.76. The molecule has 0 fully saturated rings. The van der Waals surface area contributed by atoms with Crippen molar-refractivity contribution in [1.82, 2.24) is 0 Å². The summed E-state index contributed by atoms with van der Waals surface area (Å²) in [6, 6.07) is 67.7. The molecule has 0 atom stereocenters. The van der Waals surface area contributed by atoms with Crippen LogP contribution in [-0.2, 0) is 0 Å². The molecule has 0 aliphatic heterocycles. The van der Waals surface area contributed by atoms with Gasteiger partial charge in [-0.15, -0.1) is 11.3 Å². The number of fused-ring (bicyclic) bond motifs is 10. The van der Waals surface area contributed by atoms with Crippen molar-refractivity contribution < 1.29 is 4.42 Å². The van der Waals surface area contributed by atoms with Crippen LogP contribution in [0.1, 0.15) is 0 Å². The topological polar surface area (TPSA) is 16.4 Å². The molecule has 0 N–H and O–H groups in total. The Balaban J connectivity index is 1.11. The first-order valence-electron chi connectivity index (χ1n) is 18.0. The van der Waals surface area contributed by atoms with Crippen molar-refractivity contribution in [2.45, 2.75) is 0 Å². The van der Waals surface area contributed by atoms with Gasteiger partial charge in [-0.1, -0.05) is 140 Å². The molecule has 0 amide bonds. The SMILES string of the molecule is c1ccc(-c2ccc(N(c3ccc(-c4cccc5ccccc45)cc3)c3cccc4c3oc3ccc5c(sc6ccc7ccccc7c65)c34)cc2)cc1. The van der Waals surface area contributed by atoms with E-state index >= 15 is 0 Å². The maximum absolute atomic E-state index is 6.90. The summed E-state index contributed by atoms with van der Waals surface area (Å²) in [6.07, 6.45) is 0. The molecule has 2 nitrogen and oxygen atoms in total. The van der Waals surface area contributed by atoms with Gasteiger partial charge in [-0.25, -0.2) is 0 Å². The Morgan fingerprint density at radius 3 is 1.81 bits per heavy atom. The van der Waals surface area contributed by atoms with Crippen molar-refractivity contribution in [1.29, 1.82) is 0 Å². The summed E-state index contributed by atoms with van der Waals surface area (Å²) in [5.74, 6) is 0. The molecule has 0 aliphatic carbocycles. The van der Waals surface area contributed by atoms with Gasteiger partial charge in [0.25, 0.3) is 0 Å². The van der Waals surface area contributed by atoms with Crippen molar-refractivity contribution in [3.05, 3.63) is 188 Å². The van der Waals surface area contributed by atoms with E-state index in [4.69, 9.17) is 4.42 Å². The van der Waals surface area contributed by atoms with Crippen LogP contribution in [0.25, 0.3) is 85.9 Å². The van der Waals surface area contributed by atoms with E-state index < -0.39 is 0 Å². The van der Waals surface area contributed by atoms with E-state index in [2.05, 4.69) is 193 Å². The average Bonchev–Trinajstić information content (AvgIpc) is 3.81. The summed E-state index contributed by atoms with van der Waals surface area (Å²) < 4.78 is 9.46. The Morgan fingerprint density at radius 1 is 0.396 bits per heavy atom. The Morgan fingerprint density at radius 2 is 1.02 bits per heavy atom. The lowest BCUT2D eigenvalue weighted by Crippen LogP contribution is -2.10. The molecule has 2 heterocycles. The minimum atomic E-state index is 0.877. The van der Waals surface area contributed by atoms with Crippen LogP contribution in [0, 0.1) is 0 Å². The van der Waals surface area contributed by atoms with Crippen molar-refractivity contribution in [3.63, 3.8) is 0 Å². The highest BCUT2D eigenvalue weighted by Crippen LogP contribution is 2.48. The van der Waals surface area contributed by atoms with Crippen LogP contribution >= 0.6 is 11.3 Å². The van der Waals surface area contributed by atoms with Crippen LogP contribution in [0.3, 0.4) is 0 Å².